The number of hydrogen-bond donors (Lipinski definition) is 1. The molecule has 0 bridgehead atoms. The molecule has 0 saturated carbocycles. The largest absolute Gasteiger partial charge is 0.344 e. The predicted octanol–water partition coefficient (Wildman–Crippen LogP) is 1.21. The van der Waals surface area contributed by atoms with Gasteiger partial charge < -0.3 is 10.6 Å². The zero-order valence-electron chi connectivity index (χ0n) is 10.5. The molecule has 17 heavy (non-hydrogen) atoms. The van der Waals surface area contributed by atoms with Gasteiger partial charge in [-0.2, -0.15) is 0 Å². The molecule has 0 radical (unpaired) electrons. The fraction of sp³-hybridized carbons (Fsp3) is 0.500. The maximum atomic E-state index is 12.2. The Morgan fingerprint density at radius 3 is 2.41 bits per heavy atom. The van der Waals surface area contributed by atoms with Crippen LogP contribution in [0.3, 0.4) is 0 Å². The molecule has 2 N–H and O–H groups in total. The molecule has 1 aliphatic carbocycles. The summed E-state index contributed by atoms with van der Waals surface area (Å²) in [5.41, 5.74) is 8.36. The number of benzene rings is 1. The molecular formula is C14H20N2O. The van der Waals surface area contributed by atoms with Crippen molar-refractivity contribution in [3.8, 4) is 0 Å². The van der Waals surface area contributed by atoms with Gasteiger partial charge in [-0.15, -0.1) is 0 Å². The minimum absolute atomic E-state index is 0.0349. The number of fused-ring (bicyclic) bond motifs is 1. The Kier molecular flexibility index (Phi) is 3.48. The number of carbonyl (C=O) groups excluding carboxylic acids is 1. The Labute approximate surface area is 103 Å². The quantitative estimate of drug-likeness (QED) is 0.851. The molecule has 3 heteroatoms. The van der Waals surface area contributed by atoms with E-state index < -0.39 is 0 Å². The lowest BCUT2D eigenvalue weighted by atomic mass is 10.0. The van der Waals surface area contributed by atoms with Gasteiger partial charge >= 0.3 is 0 Å². The molecule has 1 amide bonds. The van der Waals surface area contributed by atoms with E-state index in [4.69, 9.17) is 5.73 Å². The van der Waals surface area contributed by atoms with E-state index in [0.29, 0.717) is 6.54 Å². The number of amides is 1. The van der Waals surface area contributed by atoms with Gasteiger partial charge in [-0.05, 0) is 30.9 Å². The number of likely N-dealkylation sites (N-methyl/N-ethyl adjacent to an activating group) is 1. The normalized spacial score (nSPS) is 16.6. The van der Waals surface area contributed by atoms with E-state index in [1.165, 1.54) is 11.1 Å². The third kappa shape index (κ3) is 2.67. The summed E-state index contributed by atoms with van der Waals surface area (Å²) in [6.45, 7) is 2.55. The van der Waals surface area contributed by atoms with Gasteiger partial charge in [0.2, 0.25) is 5.91 Å². The lowest BCUT2D eigenvalue weighted by Gasteiger charge is -2.22. The SMILES string of the molecule is CC(N)CN(C)C(=O)C1Cc2ccccc2C1. The lowest BCUT2D eigenvalue weighted by Crippen LogP contribution is -2.40. The van der Waals surface area contributed by atoms with Crippen LogP contribution in [0.25, 0.3) is 0 Å². The highest BCUT2D eigenvalue weighted by Gasteiger charge is 2.29. The lowest BCUT2D eigenvalue weighted by molar-refractivity contribution is -0.134. The van der Waals surface area contributed by atoms with Crippen LogP contribution in [0, 0.1) is 5.92 Å². The van der Waals surface area contributed by atoms with Crippen LogP contribution in [0.5, 0.6) is 0 Å². The highest BCUT2D eigenvalue weighted by atomic mass is 16.2. The minimum Gasteiger partial charge on any atom is -0.344 e. The van der Waals surface area contributed by atoms with Crippen LogP contribution in [0.15, 0.2) is 24.3 Å². The third-order valence-electron chi connectivity index (χ3n) is 3.34. The Morgan fingerprint density at radius 2 is 1.94 bits per heavy atom. The Bertz CT molecular complexity index is 389. The summed E-state index contributed by atoms with van der Waals surface area (Å²) in [4.78, 5) is 14.0. The Balaban J connectivity index is 2.01. The molecule has 1 aromatic carbocycles. The van der Waals surface area contributed by atoms with Crippen LogP contribution in [0.4, 0.5) is 0 Å². The maximum absolute atomic E-state index is 12.2. The average molecular weight is 232 g/mol. The first-order valence-corrected chi connectivity index (χ1v) is 6.15. The topological polar surface area (TPSA) is 46.3 Å². The number of carbonyl (C=O) groups is 1. The molecule has 0 aliphatic heterocycles. The standard InChI is InChI=1S/C14H20N2O/c1-10(15)9-16(2)14(17)13-7-11-5-3-4-6-12(11)8-13/h3-6,10,13H,7-9,15H2,1-2H3. The first-order chi connectivity index (χ1) is 8.08. The second kappa shape index (κ2) is 4.88. The van der Waals surface area contributed by atoms with Gasteiger partial charge in [0.05, 0.1) is 0 Å². The fourth-order valence-electron chi connectivity index (χ4n) is 2.57. The first kappa shape index (κ1) is 12.1. The van der Waals surface area contributed by atoms with Gasteiger partial charge in [0.25, 0.3) is 0 Å². The molecule has 0 saturated heterocycles. The van der Waals surface area contributed by atoms with Crippen molar-refractivity contribution in [2.75, 3.05) is 13.6 Å². The molecule has 1 atom stereocenters. The second-order valence-corrected chi connectivity index (χ2v) is 5.07. The molecule has 0 aromatic heterocycles. The van der Waals surface area contributed by atoms with E-state index >= 15 is 0 Å². The molecule has 0 fully saturated rings. The van der Waals surface area contributed by atoms with Crippen LogP contribution in [0.2, 0.25) is 0 Å². The molecule has 92 valence electrons. The molecule has 1 aliphatic rings. The van der Waals surface area contributed by atoms with Gasteiger partial charge in [0.1, 0.15) is 0 Å². The van der Waals surface area contributed by atoms with Gasteiger partial charge in [-0.25, -0.2) is 0 Å². The van der Waals surface area contributed by atoms with Crippen molar-refractivity contribution in [1.29, 1.82) is 0 Å². The molecule has 0 spiro atoms. The van der Waals surface area contributed by atoms with Gasteiger partial charge in [-0.3, -0.25) is 4.79 Å². The monoisotopic (exact) mass is 232 g/mol. The third-order valence-corrected chi connectivity index (χ3v) is 3.34. The molecule has 1 aromatic rings. The Hall–Kier alpha value is -1.35. The summed E-state index contributed by atoms with van der Waals surface area (Å²) in [6.07, 6.45) is 1.75. The molecular weight excluding hydrogens is 212 g/mol. The van der Waals surface area contributed by atoms with Crippen molar-refractivity contribution in [3.63, 3.8) is 0 Å². The molecule has 2 rings (SSSR count). The van der Waals surface area contributed by atoms with Crippen molar-refractivity contribution >= 4 is 5.91 Å². The van der Waals surface area contributed by atoms with E-state index in [-0.39, 0.29) is 17.9 Å². The van der Waals surface area contributed by atoms with Crippen LogP contribution in [0.1, 0.15) is 18.1 Å². The number of hydrogen-bond acceptors (Lipinski definition) is 2. The number of rotatable bonds is 3. The summed E-state index contributed by atoms with van der Waals surface area (Å²) in [5, 5.41) is 0. The summed E-state index contributed by atoms with van der Waals surface area (Å²) in [7, 11) is 1.84. The van der Waals surface area contributed by atoms with E-state index in [0.717, 1.165) is 12.8 Å². The molecule has 0 heterocycles. The van der Waals surface area contributed by atoms with Crippen LogP contribution >= 0.6 is 0 Å². The summed E-state index contributed by atoms with van der Waals surface area (Å²) in [5.74, 6) is 0.328. The molecule has 1 unspecified atom stereocenters. The van der Waals surface area contributed by atoms with Crippen molar-refractivity contribution in [2.24, 2.45) is 11.7 Å². The second-order valence-electron chi connectivity index (χ2n) is 5.07. The van der Waals surface area contributed by atoms with Crippen LogP contribution in [-0.4, -0.2) is 30.4 Å². The molecule has 3 nitrogen and oxygen atoms in total. The van der Waals surface area contributed by atoms with Crippen molar-refractivity contribution in [3.05, 3.63) is 35.4 Å². The van der Waals surface area contributed by atoms with E-state index in [1.54, 1.807) is 4.90 Å². The maximum Gasteiger partial charge on any atom is 0.226 e. The summed E-state index contributed by atoms with van der Waals surface area (Å²) < 4.78 is 0. The highest BCUT2D eigenvalue weighted by molar-refractivity contribution is 5.80. The van der Waals surface area contributed by atoms with E-state index in [9.17, 15) is 4.79 Å². The average Bonchev–Trinajstić information content (AvgIpc) is 2.70. The van der Waals surface area contributed by atoms with Crippen LogP contribution < -0.4 is 5.73 Å². The first-order valence-electron chi connectivity index (χ1n) is 6.15. The van der Waals surface area contributed by atoms with Crippen molar-refractivity contribution in [2.45, 2.75) is 25.8 Å². The number of nitrogens with zero attached hydrogens (tertiary/aromatic N) is 1. The minimum atomic E-state index is 0.0349. The smallest absolute Gasteiger partial charge is 0.226 e. The van der Waals surface area contributed by atoms with Gasteiger partial charge in [-0.1, -0.05) is 24.3 Å². The summed E-state index contributed by atoms with van der Waals surface area (Å²) in [6, 6.07) is 8.35. The van der Waals surface area contributed by atoms with E-state index in [1.807, 2.05) is 26.1 Å². The van der Waals surface area contributed by atoms with Crippen molar-refractivity contribution < 1.29 is 4.79 Å². The Morgan fingerprint density at radius 1 is 1.41 bits per heavy atom. The van der Waals surface area contributed by atoms with E-state index in [2.05, 4.69) is 12.1 Å². The summed E-state index contributed by atoms with van der Waals surface area (Å²) >= 11 is 0. The van der Waals surface area contributed by atoms with Gasteiger partial charge in [0, 0.05) is 25.6 Å². The van der Waals surface area contributed by atoms with Crippen LogP contribution in [-0.2, 0) is 17.6 Å². The number of nitrogens with two attached hydrogens (primary N) is 1. The zero-order valence-corrected chi connectivity index (χ0v) is 10.5. The van der Waals surface area contributed by atoms with Crippen molar-refractivity contribution in [1.82, 2.24) is 4.90 Å². The predicted molar refractivity (Wildman–Crippen MR) is 68.6 cm³/mol. The van der Waals surface area contributed by atoms with Gasteiger partial charge in [0.15, 0.2) is 0 Å². The zero-order chi connectivity index (χ0) is 12.4. The highest BCUT2D eigenvalue weighted by Crippen LogP contribution is 2.27. The fourth-order valence-corrected chi connectivity index (χ4v) is 2.57.